The van der Waals surface area contributed by atoms with Crippen LogP contribution >= 0.6 is 24.4 Å². The molecule has 1 unspecified atom stereocenters. The maximum Gasteiger partial charge on any atom is 0.140 e. The van der Waals surface area contributed by atoms with Crippen molar-refractivity contribution in [2.75, 3.05) is 7.05 Å². The fourth-order valence-corrected chi connectivity index (χ4v) is 1.07. The van der Waals surface area contributed by atoms with Gasteiger partial charge < -0.3 is 0 Å². The second-order valence-electron chi connectivity index (χ2n) is 1.26. The Morgan fingerprint density at radius 1 is 2.00 bits per heavy atom. The van der Waals surface area contributed by atoms with E-state index in [0.29, 0.717) is 0 Å². The third-order valence-corrected chi connectivity index (χ3v) is 2.20. The fourth-order valence-electron chi connectivity index (χ4n) is 0.301. The van der Waals surface area contributed by atoms with Crippen molar-refractivity contribution in [3.05, 3.63) is 0 Å². The molecule has 0 aromatic heterocycles. The SMILES string of the molecule is CN1N=CSC1S. The Kier molecular flexibility index (Phi) is 1.49. The first-order valence-electron chi connectivity index (χ1n) is 1.89. The van der Waals surface area contributed by atoms with Crippen LogP contribution in [0.3, 0.4) is 0 Å². The van der Waals surface area contributed by atoms with E-state index >= 15 is 0 Å². The minimum Gasteiger partial charge on any atom is -0.276 e. The Hall–Kier alpha value is 0.170. The van der Waals surface area contributed by atoms with Crippen molar-refractivity contribution >= 4 is 29.9 Å². The van der Waals surface area contributed by atoms with Crippen molar-refractivity contribution in [2.45, 2.75) is 4.71 Å². The zero-order valence-electron chi connectivity index (χ0n) is 3.90. The molecule has 4 heteroatoms. The Bertz CT molecular complexity index is 92.9. The highest BCUT2D eigenvalue weighted by atomic mass is 32.2. The van der Waals surface area contributed by atoms with Gasteiger partial charge in [0.15, 0.2) is 0 Å². The molecule has 0 N–H and O–H groups in total. The van der Waals surface area contributed by atoms with Crippen LogP contribution in [-0.2, 0) is 0 Å². The lowest BCUT2D eigenvalue weighted by molar-refractivity contribution is 0.410. The molecule has 0 saturated carbocycles. The lowest BCUT2D eigenvalue weighted by atomic mass is 11.1. The van der Waals surface area contributed by atoms with Crippen LogP contribution in [0, 0.1) is 0 Å². The van der Waals surface area contributed by atoms with Gasteiger partial charge in [-0.3, -0.25) is 5.01 Å². The lowest BCUT2D eigenvalue weighted by Gasteiger charge is -2.09. The molecular weight excluding hydrogens is 128 g/mol. The summed E-state index contributed by atoms with van der Waals surface area (Å²) in [5, 5.41) is 5.71. The summed E-state index contributed by atoms with van der Waals surface area (Å²) in [6, 6.07) is 0. The largest absolute Gasteiger partial charge is 0.276 e. The average Bonchev–Trinajstić information content (AvgIpc) is 1.91. The number of hydrogen-bond acceptors (Lipinski definition) is 4. The van der Waals surface area contributed by atoms with Gasteiger partial charge >= 0.3 is 0 Å². The summed E-state index contributed by atoms with van der Waals surface area (Å²) in [7, 11) is 1.90. The first kappa shape index (κ1) is 5.31. The number of hydrazone groups is 1. The summed E-state index contributed by atoms with van der Waals surface area (Å²) in [4.78, 5) is 0. The van der Waals surface area contributed by atoms with E-state index in [1.165, 1.54) is 0 Å². The van der Waals surface area contributed by atoms with Crippen molar-refractivity contribution in [1.82, 2.24) is 5.01 Å². The van der Waals surface area contributed by atoms with Gasteiger partial charge in [0.05, 0.1) is 5.55 Å². The first-order valence-corrected chi connectivity index (χ1v) is 3.35. The third kappa shape index (κ3) is 1.04. The molecule has 0 radical (unpaired) electrons. The van der Waals surface area contributed by atoms with E-state index in [1.54, 1.807) is 22.3 Å². The summed E-state index contributed by atoms with van der Waals surface area (Å²) >= 11 is 5.76. The standard InChI is InChI=1S/C3H6N2S2/c1-5-3(6)7-2-4-5/h2-3,6H,1H3. The Morgan fingerprint density at radius 3 is 2.86 bits per heavy atom. The minimum atomic E-state index is 0.236. The topological polar surface area (TPSA) is 15.6 Å². The molecule has 7 heavy (non-hydrogen) atoms. The van der Waals surface area contributed by atoms with Crippen LogP contribution in [0.15, 0.2) is 5.10 Å². The van der Waals surface area contributed by atoms with Crippen molar-refractivity contribution in [3.8, 4) is 0 Å². The molecule has 0 bridgehead atoms. The van der Waals surface area contributed by atoms with Gasteiger partial charge in [-0.05, 0) is 0 Å². The third-order valence-electron chi connectivity index (χ3n) is 0.732. The quantitative estimate of drug-likeness (QED) is 0.494. The van der Waals surface area contributed by atoms with E-state index < -0.39 is 0 Å². The maximum absolute atomic E-state index is 4.15. The minimum absolute atomic E-state index is 0.236. The van der Waals surface area contributed by atoms with Gasteiger partial charge in [-0.2, -0.15) is 5.10 Å². The molecule has 0 fully saturated rings. The Morgan fingerprint density at radius 2 is 2.71 bits per heavy atom. The highest BCUT2D eigenvalue weighted by Gasteiger charge is 2.10. The number of rotatable bonds is 0. The fraction of sp³-hybridized carbons (Fsp3) is 0.667. The highest BCUT2D eigenvalue weighted by Crippen LogP contribution is 2.20. The van der Waals surface area contributed by atoms with E-state index in [1.807, 2.05) is 7.05 Å². The summed E-state index contributed by atoms with van der Waals surface area (Å²) < 4.78 is 0.236. The normalized spacial score (nSPS) is 29.4. The van der Waals surface area contributed by atoms with Crippen LogP contribution in [0.1, 0.15) is 0 Å². The number of thioether (sulfide) groups is 1. The molecule has 1 aliphatic heterocycles. The van der Waals surface area contributed by atoms with Gasteiger partial charge in [-0.1, -0.05) is 11.8 Å². The molecule has 0 aliphatic carbocycles. The van der Waals surface area contributed by atoms with E-state index in [-0.39, 0.29) is 4.71 Å². The van der Waals surface area contributed by atoms with E-state index in [4.69, 9.17) is 0 Å². The summed E-state index contributed by atoms with van der Waals surface area (Å²) in [5.41, 5.74) is 1.79. The molecule has 40 valence electrons. The molecule has 2 nitrogen and oxygen atoms in total. The number of hydrogen-bond donors (Lipinski definition) is 1. The molecule has 1 atom stereocenters. The highest BCUT2D eigenvalue weighted by molar-refractivity contribution is 8.19. The molecular formula is C3H6N2S2. The van der Waals surface area contributed by atoms with Crippen LogP contribution in [-0.4, -0.2) is 22.3 Å². The molecule has 0 saturated heterocycles. The van der Waals surface area contributed by atoms with E-state index in [2.05, 4.69) is 17.7 Å². The summed E-state index contributed by atoms with van der Waals surface area (Å²) in [5.74, 6) is 0. The lowest BCUT2D eigenvalue weighted by Crippen LogP contribution is -2.12. The van der Waals surface area contributed by atoms with Crippen LogP contribution < -0.4 is 0 Å². The second kappa shape index (κ2) is 1.96. The van der Waals surface area contributed by atoms with Gasteiger partial charge in [0.1, 0.15) is 4.71 Å². The van der Waals surface area contributed by atoms with Gasteiger partial charge in [0.2, 0.25) is 0 Å². The molecule has 1 aliphatic rings. The van der Waals surface area contributed by atoms with Gasteiger partial charge in [0.25, 0.3) is 0 Å². The summed E-state index contributed by atoms with van der Waals surface area (Å²) in [6.07, 6.45) is 0. The van der Waals surface area contributed by atoms with Crippen molar-refractivity contribution in [3.63, 3.8) is 0 Å². The first-order chi connectivity index (χ1) is 3.30. The van der Waals surface area contributed by atoms with Crippen LogP contribution in [0.2, 0.25) is 0 Å². The predicted octanol–water partition coefficient (Wildman–Crippen LogP) is 0.822. The van der Waals surface area contributed by atoms with Crippen molar-refractivity contribution in [2.24, 2.45) is 5.10 Å². The second-order valence-corrected chi connectivity index (χ2v) is 3.02. The van der Waals surface area contributed by atoms with E-state index in [9.17, 15) is 0 Å². The van der Waals surface area contributed by atoms with E-state index in [0.717, 1.165) is 0 Å². The summed E-state index contributed by atoms with van der Waals surface area (Å²) in [6.45, 7) is 0. The molecule has 1 rings (SSSR count). The zero-order valence-corrected chi connectivity index (χ0v) is 5.62. The predicted molar refractivity (Wildman–Crippen MR) is 36.6 cm³/mol. The van der Waals surface area contributed by atoms with Crippen LogP contribution in [0.25, 0.3) is 0 Å². The molecule has 0 spiro atoms. The van der Waals surface area contributed by atoms with Crippen LogP contribution in [0.5, 0.6) is 0 Å². The number of nitrogens with zero attached hydrogens (tertiary/aromatic N) is 2. The van der Waals surface area contributed by atoms with Crippen molar-refractivity contribution in [1.29, 1.82) is 0 Å². The zero-order chi connectivity index (χ0) is 5.28. The van der Waals surface area contributed by atoms with Crippen LogP contribution in [0.4, 0.5) is 0 Å². The Labute approximate surface area is 52.4 Å². The maximum atomic E-state index is 4.15. The van der Waals surface area contributed by atoms with Gasteiger partial charge in [-0.15, -0.1) is 12.6 Å². The molecule has 0 aromatic rings. The monoisotopic (exact) mass is 134 g/mol. The number of thiol groups is 1. The van der Waals surface area contributed by atoms with Gasteiger partial charge in [0, 0.05) is 7.05 Å². The van der Waals surface area contributed by atoms with Gasteiger partial charge in [-0.25, -0.2) is 0 Å². The average molecular weight is 134 g/mol. The molecule has 1 heterocycles. The smallest absolute Gasteiger partial charge is 0.140 e. The molecule has 0 amide bonds. The molecule has 0 aromatic carbocycles. The Balaban J connectivity index is 2.45. The van der Waals surface area contributed by atoms with Crippen molar-refractivity contribution < 1.29 is 0 Å².